The van der Waals surface area contributed by atoms with Crippen molar-refractivity contribution in [1.82, 2.24) is 9.80 Å². The lowest BCUT2D eigenvalue weighted by Crippen LogP contribution is -2.59. The summed E-state index contributed by atoms with van der Waals surface area (Å²) in [4.78, 5) is 27.9. The van der Waals surface area contributed by atoms with Gasteiger partial charge < -0.3 is 59.0 Å². The summed E-state index contributed by atoms with van der Waals surface area (Å²) in [6, 6.07) is 8.44. The van der Waals surface area contributed by atoms with E-state index in [0.29, 0.717) is 30.4 Å². The molecule has 0 amide bonds. The Morgan fingerprint density at radius 3 is 2.05 bits per heavy atom. The van der Waals surface area contributed by atoms with Gasteiger partial charge in [-0.05, 0) is 112 Å². The zero-order chi connectivity index (χ0) is 46.1. The van der Waals surface area contributed by atoms with Gasteiger partial charge >= 0.3 is 11.9 Å². The Bertz CT molecular complexity index is 1340. The van der Waals surface area contributed by atoms with Crippen LogP contribution in [0.5, 0.6) is 0 Å². The molecule has 3 heterocycles. The van der Waals surface area contributed by atoms with E-state index in [9.17, 15) is 30.0 Å². The molecule has 0 radical (unpaired) electrons. The van der Waals surface area contributed by atoms with Crippen LogP contribution < -0.4 is 0 Å². The first-order valence-electron chi connectivity index (χ1n) is 22.1. The summed E-state index contributed by atoms with van der Waals surface area (Å²) in [5.74, 6) is -1.59. The van der Waals surface area contributed by atoms with Crippen LogP contribution in [-0.2, 0) is 28.5 Å². The van der Waals surface area contributed by atoms with Crippen molar-refractivity contribution in [1.29, 1.82) is 0 Å². The second-order valence-electron chi connectivity index (χ2n) is 17.7. The van der Waals surface area contributed by atoms with Gasteiger partial charge in [-0.25, -0.2) is 4.79 Å². The SMILES string of the molecule is CC.CC[C@H]1OC(=O)[C@H](C)[C@@H](O[C@H]2C[C@@](C)(OC)[C@@H](O)[C@H](C)O2)[C@H](C)CCC[C@@H](C)CN(C)[C@H](C)[C@@H](O)[C@]1(C)O.C[C@@H]1C[C@H](N(C)C)C[C@H](O)O1.O=C(O)c1ccccc1. The number of nitrogens with zero attached hydrogens (tertiary/aromatic N) is 2. The molecule has 1 aromatic carbocycles. The van der Waals surface area contributed by atoms with E-state index in [0.717, 1.165) is 38.6 Å². The molecule has 15 atom stereocenters. The second kappa shape index (κ2) is 26.4. The van der Waals surface area contributed by atoms with Crippen molar-refractivity contribution >= 4 is 11.9 Å². The van der Waals surface area contributed by atoms with Gasteiger partial charge in [0.25, 0.3) is 0 Å². The summed E-state index contributed by atoms with van der Waals surface area (Å²) < 4.78 is 29.2. The Morgan fingerprint density at radius 2 is 1.55 bits per heavy atom. The van der Waals surface area contributed by atoms with Crippen LogP contribution in [0.15, 0.2) is 30.3 Å². The van der Waals surface area contributed by atoms with Crippen molar-refractivity contribution in [3.63, 3.8) is 0 Å². The Balaban J connectivity index is 0.000000657. The number of cyclic esters (lactones) is 1. The predicted molar refractivity (Wildman–Crippen MR) is 233 cm³/mol. The molecule has 3 fully saturated rings. The minimum atomic E-state index is -1.64. The number of ether oxygens (including phenoxy) is 5. The fourth-order valence-corrected chi connectivity index (χ4v) is 8.23. The van der Waals surface area contributed by atoms with E-state index in [1.54, 1.807) is 58.2 Å². The third-order valence-corrected chi connectivity index (χ3v) is 12.4. The lowest BCUT2D eigenvalue weighted by molar-refractivity contribution is -0.295. The molecule has 350 valence electrons. The molecule has 1 aromatic rings. The first-order chi connectivity index (χ1) is 28.0. The van der Waals surface area contributed by atoms with E-state index < -0.39 is 72.2 Å². The minimum Gasteiger partial charge on any atom is -0.478 e. The Morgan fingerprint density at radius 1 is 0.950 bits per heavy atom. The van der Waals surface area contributed by atoms with Crippen molar-refractivity contribution in [3.8, 4) is 0 Å². The number of carbonyl (C=O) groups is 2. The van der Waals surface area contributed by atoms with Gasteiger partial charge in [0.1, 0.15) is 23.9 Å². The maximum Gasteiger partial charge on any atom is 0.335 e. The highest BCUT2D eigenvalue weighted by Gasteiger charge is 2.48. The number of benzene rings is 1. The molecule has 3 saturated heterocycles. The van der Waals surface area contributed by atoms with Crippen LogP contribution in [0.1, 0.15) is 131 Å². The molecule has 4 rings (SSSR count). The average Bonchev–Trinajstić information content (AvgIpc) is 3.20. The third-order valence-electron chi connectivity index (χ3n) is 12.4. The number of carbonyl (C=O) groups excluding carboxylic acids is 1. The quantitative estimate of drug-likeness (QED) is 0.211. The topological polar surface area (TPSA) is 188 Å². The van der Waals surface area contributed by atoms with Crippen LogP contribution >= 0.6 is 0 Å². The fraction of sp³-hybridized carbons (Fsp3) is 0.826. The molecule has 0 aliphatic carbocycles. The number of esters is 1. The summed E-state index contributed by atoms with van der Waals surface area (Å²) in [5.41, 5.74) is -2.14. The predicted octanol–water partition coefficient (Wildman–Crippen LogP) is 5.96. The molecule has 0 bridgehead atoms. The van der Waals surface area contributed by atoms with E-state index in [2.05, 4.69) is 23.6 Å². The molecule has 14 heteroatoms. The van der Waals surface area contributed by atoms with Gasteiger partial charge in [0, 0.05) is 38.6 Å². The van der Waals surface area contributed by atoms with Crippen LogP contribution in [-0.4, -0.2) is 155 Å². The molecule has 0 saturated carbocycles. The zero-order valence-corrected chi connectivity index (χ0v) is 39.5. The van der Waals surface area contributed by atoms with Crippen LogP contribution in [0.3, 0.4) is 0 Å². The Hall–Kier alpha value is -2.24. The molecule has 0 spiro atoms. The maximum atomic E-state index is 13.5. The van der Waals surface area contributed by atoms with Crippen molar-refractivity contribution < 1.29 is 58.8 Å². The minimum absolute atomic E-state index is 0.0252. The van der Waals surface area contributed by atoms with Crippen LogP contribution in [0.25, 0.3) is 0 Å². The van der Waals surface area contributed by atoms with E-state index in [-0.39, 0.29) is 18.1 Å². The van der Waals surface area contributed by atoms with E-state index in [4.69, 9.17) is 28.8 Å². The van der Waals surface area contributed by atoms with E-state index in [1.807, 2.05) is 62.7 Å². The summed E-state index contributed by atoms with van der Waals surface area (Å²) in [7, 11) is 7.59. The van der Waals surface area contributed by atoms with Gasteiger partial charge in [0.15, 0.2) is 12.6 Å². The number of rotatable bonds is 6. The highest BCUT2D eigenvalue weighted by molar-refractivity contribution is 5.87. The van der Waals surface area contributed by atoms with Gasteiger partial charge in [-0.2, -0.15) is 0 Å². The van der Waals surface area contributed by atoms with Gasteiger partial charge in [-0.1, -0.05) is 59.2 Å². The zero-order valence-electron chi connectivity index (χ0n) is 39.5. The Kier molecular flexibility index (Phi) is 24.5. The smallest absolute Gasteiger partial charge is 0.335 e. The number of carboxylic acid groups (broad SMARTS) is 1. The first kappa shape index (κ1) is 55.8. The van der Waals surface area contributed by atoms with Crippen LogP contribution in [0, 0.1) is 17.8 Å². The summed E-state index contributed by atoms with van der Waals surface area (Å²) in [6.07, 6.45) is 0.369. The lowest BCUT2D eigenvalue weighted by Gasteiger charge is -2.45. The molecule has 14 nitrogen and oxygen atoms in total. The molecule has 3 aliphatic heterocycles. The summed E-state index contributed by atoms with van der Waals surface area (Å²) in [6.45, 7) is 21.7. The number of aromatic carboxylic acids is 1. The number of likely N-dealkylation sites (N-methyl/N-ethyl adjacent to an activating group) is 1. The largest absolute Gasteiger partial charge is 0.478 e. The third kappa shape index (κ3) is 16.8. The fourth-order valence-electron chi connectivity index (χ4n) is 8.23. The molecule has 60 heavy (non-hydrogen) atoms. The van der Waals surface area contributed by atoms with Gasteiger partial charge in [0.2, 0.25) is 0 Å². The van der Waals surface area contributed by atoms with Gasteiger partial charge in [-0.3, -0.25) is 4.79 Å². The first-order valence-corrected chi connectivity index (χ1v) is 22.1. The summed E-state index contributed by atoms with van der Waals surface area (Å²) >= 11 is 0. The van der Waals surface area contributed by atoms with Crippen molar-refractivity contribution in [2.75, 3.05) is 34.8 Å². The standard InChI is InChI=1S/C29H55NO8.C8H17NO2.C7H6O2.C2H6/c1-11-22-29(8,34)25(31)20(5)30(9)16-17(2)13-12-14-18(3)24(19(4)27(33)37-22)38-23-15-28(7,35-10)26(32)21(6)36-23;1-6-4-7(9(2)3)5-8(10)11-6;8-7(9)6-4-2-1-3-5-6;1-2/h17-26,31-32,34H,11-16H2,1-10H3;6-8,10H,4-5H2,1-3H3;1-5H,(H,8,9);1-2H3/t17-,18-,19-,20-,21+,22-,23+,24+,25-,26+,28-,29-;6-,7+,8-;;/m11../s1. The van der Waals surface area contributed by atoms with Crippen LogP contribution in [0.2, 0.25) is 0 Å². The number of hydrogen-bond donors (Lipinski definition) is 5. The van der Waals surface area contributed by atoms with Gasteiger partial charge in [0.05, 0.1) is 35.4 Å². The number of carboxylic acids is 1. The number of aliphatic hydroxyl groups excluding tert-OH is 3. The second-order valence-corrected chi connectivity index (χ2v) is 17.7. The summed E-state index contributed by atoms with van der Waals surface area (Å²) in [5, 5.41) is 50.8. The number of hydrogen-bond acceptors (Lipinski definition) is 13. The van der Waals surface area contributed by atoms with Crippen molar-refractivity contribution in [2.24, 2.45) is 17.8 Å². The van der Waals surface area contributed by atoms with Crippen molar-refractivity contribution in [2.45, 2.75) is 194 Å². The Labute approximate surface area is 361 Å². The molecule has 0 unspecified atom stereocenters. The molecular weight excluding hydrogens is 773 g/mol. The van der Waals surface area contributed by atoms with Crippen molar-refractivity contribution in [3.05, 3.63) is 35.9 Å². The highest BCUT2D eigenvalue weighted by atomic mass is 16.7. The lowest BCUT2D eigenvalue weighted by atomic mass is 9.85. The number of methoxy groups -OCH3 is 1. The molecule has 3 aliphatic rings. The van der Waals surface area contributed by atoms with Crippen LogP contribution in [0.4, 0.5) is 0 Å². The number of aliphatic hydroxyl groups is 4. The normalized spacial score (nSPS) is 38.5. The average molecular weight is 857 g/mol. The molecule has 5 N–H and O–H groups in total. The monoisotopic (exact) mass is 857 g/mol. The maximum absolute atomic E-state index is 13.5. The van der Waals surface area contributed by atoms with Gasteiger partial charge in [-0.15, -0.1) is 0 Å². The molecule has 0 aromatic heterocycles. The highest BCUT2D eigenvalue weighted by Crippen LogP contribution is 2.36. The molecular formula is C46H84N2O12. The van der Waals surface area contributed by atoms with E-state index >= 15 is 0 Å². The van der Waals surface area contributed by atoms with E-state index in [1.165, 1.54) is 0 Å².